The van der Waals surface area contributed by atoms with E-state index in [1.54, 1.807) is 18.9 Å². The highest BCUT2D eigenvalue weighted by atomic mass is 16.5. The zero-order valence-electron chi connectivity index (χ0n) is 17.5. The van der Waals surface area contributed by atoms with Crippen LogP contribution in [0.5, 0.6) is 5.75 Å². The summed E-state index contributed by atoms with van der Waals surface area (Å²) in [5, 5.41) is 13.2. The summed E-state index contributed by atoms with van der Waals surface area (Å²) in [5.74, 6) is 1.38. The topological polar surface area (TPSA) is 101 Å². The first-order valence-electron chi connectivity index (χ1n) is 9.99. The first-order valence-corrected chi connectivity index (χ1v) is 9.99. The van der Waals surface area contributed by atoms with Crippen molar-refractivity contribution in [1.82, 2.24) is 35.0 Å². The van der Waals surface area contributed by atoms with Gasteiger partial charge in [-0.3, -0.25) is 9.69 Å². The van der Waals surface area contributed by atoms with Gasteiger partial charge in [-0.05, 0) is 41.7 Å². The molecule has 1 fully saturated rings. The van der Waals surface area contributed by atoms with E-state index in [1.165, 1.54) is 0 Å². The van der Waals surface area contributed by atoms with Gasteiger partial charge in [-0.15, -0.1) is 5.10 Å². The molecular weight excluding hydrogens is 386 g/mol. The predicted molar refractivity (Wildman–Crippen MR) is 112 cm³/mol. The van der Waals surface area contributed by atoms with E-state index in [0.717, 1.165) is 42.8 Å². The highest BCUT2D eigenvalue weighted by Crippen LogP contribution is 2.28. The predicted octanol–water partition coefficient (Wildman–Crippen LogP) is 0.506. The standard InChI is InChI=1S/C20H27N7O3/c1-25-6-8-26(9-7-25)18(19-22-23-24-27(19)10-11-29-2)16-13-14-12-15(30-3)4-5-17(14)21-20(16)28/h4-5,12-13,18H,6-11H2,1-3H3,(H,21,28)/t18-/m0/s1. The Kier molecular flexibility index (Phi) is 6.07. The van der Waals surface area contributed by atoms with Crippen molar-refractivity contribution in [3.05, 3.63) is 46.0 Å². The normalized spacial score (nSPS) is 16.8. The van der Waals surface area contributed by atoms with E-state index < -0.39 is 0 Å². The number of aromatic nitrogens is 5. The van der Waals surface area contributed by atoms with Gasteiger partial charge in [0.1, 0.15) is 11.8 Å². The Morgan fingerprint density at radius 2 is 1.97 bits per heavy atom. The number of hydrogen-bond donors (Lipinski definition) is 1. The number of pyridine rings is 1. The van der Waals surface area contributed by atoms with Crippen LogP contribution < -0.4 is 10.3 Å². The van der Waals surface area contributed by atoms with E-state index in [4.69, 9.17) is 9.47 Å². The molecule has 1 aromatic carbocycles. The zero-order valence-corrected chi connectivity index (χ0v) is 17.5. The summed E-state index contributed by atoms with van der Waals surface area (Å²) >= 11 is 0. The van der Waals surface area contributed by atoms with Crippen LogP contribution in [0.15, 0.2) is 29.1 Å². The van der Waals surface area contributed by atoms with Crippen molar-refractivity contribution in [3.8, 4) is 5.75 Å². The number of likely N-dealkylation sites (N-methyl/N-ethyl adjacent to an activating group) is 1. The maximum atomic E-state index is 13.1. The fraction of sp³-hybridized carbons (Fsp3) is 0.500. The molecule has 160 valence electrons. The summed E-state index contributed by atoms with van der Waals surface area (Å²) in [4.78, 5) is 20.7. The van der Waals surface area contributed by atoms with Crippen molar-refractivity contribution in [2.24, 2.45) is 0 Å². The van der Waals surface area contributed by atoms with E-state index in [0.29, 0.717) is 24.5 Å². The van der Waals surface area contributed by atoms with Crippen LogP contribution in [-0.4, -0.2) is 89.0 Å². The third-order valence-electron chi connectivity index (χ3n) is 5.59. The summed E-state index contributed by atoms with van der Waals surface area (Å²) in [6.07, 6.45) is 0. The average molecular weight is 413 g/mol. The lowest BCUT2D eigenvalue weighted by Gasteiger charge is -2.37. The van der Waals surface area contributed by atoms with Crippen molar-refractivity contribution in [2.45, 2.75) is 12.6 Å². The van der Waals surface area contributed by atoms with Crippen LogP contribution in [-0.2, 0) is 11.3 Å². The van der Waals surface area contributed by atoms with E-state index in [9.17, 15) is 4.79 Å². The molecule has 3 aromatic rings. The molecular formula is C20H27N7O3. The fourth-order valence-electron chi connectivity index (χ4n) is 3.86. The first kappa shape index (κ1) is 20.5. The molecule has 3 heterocycles. The number of nitrogens with zero attached hydrogens (tertiary/aromatic N) is 6. The molecule has 0 bridgehead atoms. The van der Waals surface area contributed by atoms with Crippen molar-refractivity contribution >= 4 is 10.9 Å². The van der Waals surface area contributed by atoms with Gasteiger partial charge >= 0.3 is 0 Å². The lowest BCUT2D eigenvalue weighted by atomic mass is 10.0. The lowest BCUT2D eigenvalue weighted by molar-refractivity contribution is 0.119. The molecule has 1 aliphatic heterocycles. The summed E-state index contributed by atoms with van der Waals surface area (Å²) in [6, 6.07) is 7.18. The molecule has 0 spiro atoms. The number of methoxy groups -OCH3 is 2. The molecule has 0 unspecified atom stereocenters. The first-order chi connectivity index (χ1) is 14.6. The largest absolute Gasteiger partial charge is 0.497 e. The van der Waals surface area contributed by atoms with Gasteiger partial charge in [0.05, 0.1) is 20.3 Å². The number of rotatable bonds is 7. The van der Waals surface area contributed by atoms with Crippen LogP contribution in [0.1, 0.15) is 17.4 Å². The number of ether oxygens (including phenoxy) is 2. The molecule has 0 radical (unpaired) electrons. The second-order valence-electron chi connectivity index (χ2n) is 7.50. The Hall–Kier alpha value is -2.82. The van der Waals surface area contributed by atoms with Crippen LogP contribution in [0.25, 0.3) is 10.9 Å². The Morgan fingerprint density at radius 3 is 2.70 bits per heavy atom. The molecule has 0 saturated carbocycles. The smallest absolute Gasteiger partial charge is 0.253 e. The Morgan fingerprint density at radius 1 is 1.17 bits per heavy atom. The van der Waals surface area contributed by atoms with Crippen molar-refractivity contribution in [2.75, 3.05) is 54.1 Å². The number of piperazine rings is 1. The molecule has 10 heteroatoms. The van der Waals surface area contributed by atoms with Crippen LogP contribution in [0.2, 0.25) is 0 Å². The minimum atomic E-state index is -0.357. The van der Waals surface area contributed by atoms with Crippen molar-refractivity contribution < 1.29 is 9.47 Å². The number of hydrogen-bond acceptors (Lipinski definition) is 8. The average Bonchev–Trinajstić information content (AvgIpc) is 3.22. The maximum Gasteiger partial charge on any atom is 0.253 e. The van der Waals surface area contributed by atoms with Gasteiger partial charge in [-0.1, -0.05) is 0 Å². The van der Waals surface area contributed by atoms with Crippen LogP contribution in [0.4, 0.5) is 0 Å². The molecule has 10 nitrogen and oxygen atoms in total. The Bertz CT molecular complexity index is 1060. The monoisotopic (exact) mass is 413 g/mol. The van der Waals surface area contributed by atoms with Crippen LogP contribution >= 0.6 is 0 Å². The summed E-state index contributed by atoms with van der Waals surface area (Å²) in [6.45, 7) is 4.45. The van der Waals surface area contributed by atoms with Gasteiger partial charge in [-0.25, -0.2) is 4.68 Å². The van der Waals surface area contributed by atoms with Gasteiger partial charge < -0.3 is 19.4 Å². The number of benzene rings is 1. The highest BCUT2D eigenvalue weighted by Gasteiger charge is 2.32. The molecule has 1 aliphatic rings. The molecule has 1 N–H and O–H groups in total. The molecule has 30 heavy (non-hydrogen) atoms. The molecule has 1 atom stereocenters. The quantitative estimate of drug-likeness (QED) is 0.598. The number of nitrogens with one attached hydrogen (secondary N) is 1. The third kappa shape index (κ3) is 4.07. The second kappa shape index (κ2) is 8.90. The van der Waals surface area contributed by atoms with E-state index in [2.05, 4.69) is 37.4 Å². The van der Waals surface area contributed by atoms with Gasteiger partial charge in [0.25, 0.3) is 5.56 Å². The zero-order chi connectivity index (χ0) is 21.1. The molecule has 0 amide bonds. The second-order valence-corrected chi connectivity index (χ2v) is 7.50. The number of fused-ring (bicyclic) bond motifs is 1. The molecule has 1 saturated heterocycles. The molecule has 4 rings (SSSR count). The minimum absolute atomic E-state index is 0.141. The Labute approximate surface area is 174 Å². The summed E-state index contributed by atoms with van der Waals surface area (Å²) in [7, 11) is 5.37. The van der Waals surface area contributed by atoms with Gasteiger partial charge in [0, 0.05) is 49.8 Å². The summed E-state index contributed by atoms with van der Waals surface area (Å²) < 4.78 is 12.3. The molecule has 2 aromatic heterocycles. The number of tetrazole rings is 1. The van der Waals surface area contributed by atoms with Crippen molar-refractivity contribution in [3.63, 3.8) is 0 Å². The maximum absolute atomic E-state index is 13.1. The van der Waals surface area contributed by atoms with Gasteiger partial charge in [0.2, 0.25) is 0 Å². The van der Waals surface area contributed by atoms with Gasteiger partial charge in [0.15, 0.2) is 5.82 Å². The van der Waals surface area contributed by atoms with Crippen molar-refractivity contribution in [1.29, 1.82) is 0 Å². The fourth-order valence-corrected chi connectivity index (χ4v) is 3.86. The van der Waals surface area contributed by atoms with E-state index >= 15 is 0 Å². The van der Waals surface area contributed by atoms with E-state index in [-0.39, 0.29) is 11.6 Å². The highest BCUT2D eigenvalue weighted by molar-refractivity contribution is 5.80. The lowest BCUT2D eigenvalue weighted by Crippen LogP contribution is -2.47. The van der Waals surface area contributed by atoms with Crippen LogP contribution in [0, 0.1) is 0 Å². The SMILES string of the molecule is COCCn1nnnc1[C@H](c1cc2cc(OC)ccc2[nH]c1=O)N1CCN(C)CC1. The van der Waals surface area contributed by atoms with E-state index in [1.807, 2.05) is 24.3 Å². The van der Waals surface area contributed by atoms with Gasteiger partial charge in [-0.2, -0.15) is 0 Å². The third-order valence-corrected chi connectivity index (χ3v) is 5.59. The summed E-state index contributed by atoms with van der Waals surface area (Å²) in [5.41, 5.74) is 1.24. The number of aromatic amines is 1. The van der Waals surface area contributed by atoms with Crippen LogP contribution in [0.3, 0.4) is 0 Å². The Balaban J connectivity index is 1.82. The molecule has 0 aliphatic carbocycles. The number of H-pyrrole nitrogens is 1. The minimum Gasteiger partial charge on any atom is -0.497 e.